The molecule has 0 saturated heterocycles. The quantitative estimate of drug-likeness (QED) is 0.624. The lowest BCUT2D eigenvalue weighted by molar-refractivity contribution is 1.12. The summed E-state index contributed by atoms with van der Waals surface area (Å²) in [6.45, 7) is 0.826. The molecule has 0 spiro atoms. The monoisotopic (exact) mass is 212 g/mol. The molecule has 3 rings (SSSR count). The highest BCUT2D eigenvalue weighted by Crippen LogP contribution is 2.17. The molecule has 2 heterocycles. The first-order valence-electron chi connectivity index (χ1n) is 5.20. The molecule has 16 heavy (non-hydrogen) atoms. The Bertz CT molecular complexity index is 580. The Labute approximate surface area is 92.7 Å². The highest BCUT2D eigenvalue weighted by atomic mass is 15.1. The highest BCUT2D eigenvalue weighted by molar-refractivity contribution is 5.81. The summed E-state index contributed by atoms with van der Waals surface area (Å²) in [5, 5.41) is 11.4. The highest BCUT2D eigenvalue weighted by Gasteiger charge is 1.98. The summed E-state index contributed by atoms with van der Waals surface area (Å²) in [5.41, 5.74) is 3.41. The van der Waals surface area contributed by atoms with Gasteiger partial charge in [-0.15, -0.1) is 0 Å². The van der Waals surface area contributed by atoms with E-state index in [-0.39, 0.29) is 0 Å². The van der Waals surface area contributed by atoms with Gasteiger partial charge in [-0.2, -0.15) is 5.10 Å². The van der Waals surface area contributed by atoms with Gasteiger partial charge < -0.3 is 10.3 Å². The van der Waals surface area contributed by atoms with Gasteiger partial charge in [-0.25, -0.2) is 0 Å². The zero-order chi connectivity index (χ0) is 10.8. The van der Waals surface area contributed by atoms with E-state index in [0.29, 0.717) is 0 Å². The van der Waals surface area contributed by atoms with Gasteiger partial charge in [0.2, 0.25) is 0 Å². The minimum Gasteiger partial charge on any atom is -0.381 e. The summed E-state index contributed by atoms with van der Waals surface area (Å²) in [6.07, 6.45) is 5.75. The Morgan fingerprint density at radius 1 is 1.25 bits per heavy atom. The molecular weight excluding hydrogens is 200 g/mol. The van der Waals surface area contributed by atoms with E-state index in [2.05, 4.69) is 32.6 Å². The van der Waals surface area contributed by atoms with Crippen molar-refractivity contribution in [1.82, 2.24) is 15.2 Å². The molecule has 0 radical (unpaired) electrons. The number of hydrogen-bond donors (Lipinski definition) is 3. The number of nitrogens with one attached hydrogen (secondary N) is 3. The summed E-state index contributed by atoms with van der Waals surface area (Å²) in [4.78, 5) is 3.04. The van der Waals surface area contributed by atoms with E-state index in [4.69, 9.17) is 0 Å². The molecule has 0 saturated carbocycles. The SMILES string of the molecule is c1cc(CNc2ccc3[nH]ncc3c2)c[nH]1. The summed E-state index contributed by atoms with van der Waals surface area (Å²) in [5.74, 6) is 0. The van der Waals surface area contributed by atoms with Crippen LogP contribution in [0.5, 0.6) is 0 Å². The molecule has 0 aliphatic rings. The third kappa shape index (κ3) is 1.65. The summed E-state index contributed by atoms with van der Waals surface area (Å²) in [7, 11) is 0. The number of anilines is 1. The van der Waals surface area contributed by atoms with Gasteiger partial charge in [-0.1, -0.05) is 0 Å². The van der Waals surface area contributed by atoms with E-state index >= 15 is 0 Å². The topological polar surface area (TPSA) is 56.5 Å². The maximum absolute atomic E-state index is 3.99. The fraction of sp³-hybridized carbons (Fsp3) is 0.0833. The van der Waals surface area contributed by atoms with Gasteiger partial charge in [0.1, 0.15) is 0 Å². The van der Waals surface area contributed by atoms with Gasteiger partial charge in [0, 0.05) is 30.0 Å². The Kier molecular flexibility index (Phi) is 2.11. The van der Waals surface area contributed by atoms with Crippen LogP contribution in [0.2, 0.25) is 0 Å². The number of aromatic amines is 2. The first-order chi connectivity index (χ1) is 7.92. The van der Waals surface area contributed by atoms with E-state index in [1.54, 1.807) is 0 Å². The molecule has 0 aliphatic heterocycles. The van der Waals surface area contributed by atoms with Gasteiger partial charge in [0.25, 0.3) is 0 Å². The van der Waals surface area contributed by atoms with E-state index in [1.807, 2.05) is 30.7 Å². The van der Waals surface area contributed by atoms with E-state index in [0.717, 1.165) is 23.1 Å². The largest absolute Gasteiger partial charge is 0.381 e. The van der Waals surface area contributed by atoms with Crippen LogP contribution in [0.25, 0.3) is 10.9 Å². The van der Waals surface area contributed by atoms with Crippen molar-refractivity contribution in [1.29, 1.82) is 0 Å². The molecule has 0 fully saturated rings. The van der Waals surface area contributed by atoms with Crippen LogP contribution < -0.4 is 5.32 Å². The predicted molar refractivity (Wildman–Crippen MR) is 64.2 cm³/mol. The standard InChI is InChI=1S/C12H12N4/c1-2-12-10(8-15-16-12)5-11(1)14-7-9-3-4-13-6-9/h1-6,8,13-14H,7H2,(H,15,16). The minimum absolute atomic E-state index is 0.826. The number of nitrogens with zero attached hydrogens (tertiary/aromatic N) is 1. The van der Waals surface area contributed by atoms with Crippen LogP contribution >= 0.6 is 0 Å². The van der Waals surface area contributed by atoms with Crippen LogP contribution in [0, 0.1) is 0 Å². The van der Waals surface area contributed by atoms with E-state index in [9.17, 15) is 0 Å². The molecule has 0 amide bonds. The lowest BCUT2D eigenvalue weighted by atomic mass is 10.2. The van der Waals surface area contributed by atoms with Crippen LogP contribution in [0.3, 0.4) is 0 Å². The molecule has 0 aliphatic carbocycles. The molecule has 80 valence electrons. The van der Waals surface area contributed by atoms with Crippen molar-refractivity contribution in [3.8, 4) is 0 Å². The van der Waals surface area contributed by atoms with E-state index < -0.39 is 0 Å². The number of fused-ring (bicyclic) bond motifs is 1. The van der Waals surface area contributed by atoms with Gasteiger partial charge in [-0.05, 0) is 29.8 Å². The van der Waals surface area contributed by atoms with Crippen molar-refractivity contribution >= 4 is 16.6 Å². The molecule has 2 aromatic heterocycles. The average Bonchev–Trinajstić information content (AvgIpc) is 2.97. The second-order valence-corrected chi connectivity index (χ2v) is 3.74. The zero-order valence-electron chi connectivity index (χ0n) is 8.70. The van der Waals surface area contributed by atoms with Crippen molar-refractivity contribution in [2.45, 2.75) is 6.54 Å². The average molecular weight is 212 g/mol. The lowest BCUT2D eigenvalue weighted by Gasteiger charge is -2.04. The number of benzene rings is 1. The molecule has 1 aromatic carbocycles. The van der Waals surface area contributed by atoms with Crippen molar-refractivity contribution in [2.24, 2.45) is 0 Å². The molecule has 3 N–H and O–H groups in total. The maximum Gasteiger partial charge on any atom is 0.0651 e. The molecule has 4 heteroatoms. The third-order valence-corrected chi connectivity index (χ3v) is 2.60. The molecule has 0 bridgehead atoms. The van der Waals surface area contributed by atoms with Crippen LogP contribution in [0.15, 0.2) is 42.9 Å². The Hall–Kier alpha value is -2.23. The number of hydrogen-bond acceptors (Lipinski definition) is 2. The second-order valence-electron chi connectivity index (χ2n) is 3.74. The first-order valence-corrected chi connectivity index (χ1v) is 5.20. The summed E-state index contributed by atoms with van der Waals surface area (Å²) >= 11 is 0. The Balaban J connectivity index is 1.78. The van der Waals surface area contributed by atoms with Gasteiger partial charge in [-0.3, -0.25) is 5.10 Å². The smallest absolute Gasteiger partial charge is 0.0651 e. The zero-order valence-corrected chi connectivity index (χ0v) is 8.70. The van der Waals surface area contributed by atoms with Crippen molar-refractivity contribution < 1.29 is 0 Å². The van der Waals surface area contributed by atoms with Crippen molar-refractivity contribution in [2.75, 3.05) is 5.32 Å². The number of rotatable bonds is 3. The number of aromatic nitrogens is 3. The molecule has 0 atom stereocenters. The van der Waals surface area contributed by atoms with Gasteiger partial charge >= 0.3 is 0 Å². The lowest BCUT2D eigenvalue weighted by Crippen LogP contribution is -1.97. The normalized spacial score (nSPS) is 10.8. The summed E-state index contributed by atoms with van der Waals surface area (Å²) in [6, 6.07) is 8.23. The van der Waals surface area contributed by atoms with Gasteiger partial charge in [0.05, 0.1) is 11.7 Å². The molecule has 0 unspecified atom stereocenters. The van der Waals surface area contributed by atoms with Crippen molar-refractivity contribution in [3.05, 3.63) is 48.4 Å². The van der Waals surface area contributed by atoms with Crippen LogP contribution in [0.4, 0.5) is 5.69 Å². The number of H-pyrrole nitrogens is 2. The maximum atomic E-state index is 3.99. The third-order valence-electron chi connectivity index (χ3n) is 2.60. The van der Waals surface area contributed by atoms with Crippen LogP contribution in [-0.4, -0.2) is 15.2 Å². The van der Waals surface area contributed by atoms with Gasteiger partial charge in [0.15, 0.2) is 0 Å². The fourth-order valence-corrected chi connectivity index (χ4v) is 1.73. The Morgan fingerprint density at radius 2 is 2.25 bits per heavy atom. The minimum atomic E-state index is 0.826. The first kappa shape index (κ1) is 9.03. The molecular formula is C12H12N4. The summed E-state index contributed by atoms with van der Waals surface area (Å²) < 4.78 is 0. The van der Waals surface area contributed by atoms with Crippen LogP contribution in [0.1, 0.15) is 5.56 Å². The molecule has 3 aromatic rings. The second kappa shape index (κ2) is 3.73. The Morgan fingerprint density at radius 3 is 3.12 bits per heavy atom. The van der Waals surface area contributed by atoms with E-state index in [1.165, 1.54) is 5.56 Å². The molecule has 4 nitrogen and oxygen atoms in total. The fourth-order valence-electron chi connectivity index (χ4n) is 1.73. The van der Waals surface area contributed by atoms with Crippen molar-refractivity contribution in [3.63, 3.8) is 0 Å². The predicted octanol–water partition coefficient (Wildman–Crippen LogP) is 2.50. The van der Waals surface area contributed by atoms with Crippen LogP contribution in [-0.2, 0) is 6.54 Å².